The second-order valence-electron chi connectivity index (χ2n) is 6.79. The number of nitrogens with zero attached hydrogens (tertiary/aromatic N) is 6. The average molecular weight is 377 g/mol. The van der Waals surface area contributed by atoms with Crippen LogP contribution in [0.4, 0.5) is 16.0 Å². The van der Waals surface area contributed by atoms with Crippen LogP contribution in [0, 0.1) is 0 Å². The van der Waals surface area contributed by atoms with E-state index in [1.807, 2.05) is 24.3 Å². The molecule has 0 amide bonds. The van der Waals surface area contributed by atoms with Crippen molar-refractivity contribution in [3.63, 3.8) is 0 Å². The molecule has 4 aromatic rings. The molecule has 0 aliphatic heterocycles. The summed E-state index contributed by atoms with van der Waals surface area (Å²) in [7, 11) is 0. The molecule has 0 atom stereocenters. The molecule has 7 nitrogen and oxygen atoms in total. The van der Waals surface area contributed by atoms with Crippen LogP contribution in [0.25, 0.3) is 22.2 Å². The second-order valence-corrected chi connectivity index (χ2v) is 6.79. The number of halogens is 1. The summed E-state index contributed by atoms with van der Waals surface area (Å²) < 4.78 is 14.1. The Morgan fingerprint density at radius 3 is 2.75 bits per heavy atom. The highest BCUT2D eigenvalue weighted by Crippen LogP contribution is 2.24. The van der Waals surface area contributed by atoms with Gasteiger partial charge in [0.2, 0.25) is 0 Å². The monoisotopic (exact) mass is 377 g/mol. The highest BCUT2D eigenvalue weighted by atomic mass is 19.1. The summed E-state index contributed by atoms with van der Waals surface area (Å²) >= 11 is 0. The summed E-state index contributed by atoms with van der Waals surface area (Å²) in [5.74, 6) is 1.68. The number of hydrogen-bond donors (Lipinski definition) is 1. The van der Waals surface area contributed by atoms with Crippen molar-refractivity contribution in [3.05, 3.63) is 54.6 Å². The molecular formula is C20H20FN7. The molecule has 1 N–H and O–H groups in total. The Morgan fingerprint density at radius 2 is 1.93 bits per heavy atom. The maximum Gasteiger partial charge on any atom is 0.154 e. The zero-order valence-electron chi connectivity index (χ0n) is 15.7. The third-order valence-electron chi connectivity index (χ3n) is 4.42. The highest BCUT2D eigenvalue weighted by Gasteiger charge is 2.08. The van der Waals surface area contributed by atoms with Crippen LogP contribution in [-0.4, -0.2) is 36.6 Å². The van der Waals surface area contributed by atoms with Gasteiger partial charge in [-0.1, -0.05) is 13.8 Å². The summed E-state index contributed by atoms with van der Waals surface area (Å²) in [5, 5.41) is 15.5. The van der Waals surface area contributed by atoms with Crippen molar-refractivity contribution < 1.29 is 4.39 Å². The Morgan fingerprint density at radius 1 is 1.04 bits per heavy atom. The van der Waals surface area contributed by atoms with Crippen LogP contribution in [0.3, 0.4) is 0 Å². The number of fused-ring (bicyclic) bond motifs is 1. The van der Waals surface area contributed by atoms with Gasteiger partial charge in [-0.15, -0.1) is 5.10 Å². The van der Waals surface area contributed by atoms with Crippen molar-refractivity contribution in [1.82, 2.24) is 29.9 Å². The molecule has 0 radical (unpaired) electrons. The van der Waals surface area contributed by atoms with E-state index in [9.17, 15) is 4.39 Å². The number of nitrogens with one attached hydrogen (secondary N) is 1. The standard InChI is InChI=1S/C20H20FN7/c1-13(2)14-8-20(27-23-10-14)26-19-4-3-17-18(25-19)7-15(9-22-17)16-11-24-28(12-16)6-5-21/h3-4,7-13H,5-6H2,1-2H3,(H,25,26,27). The van der Waals surface area contributed by atoms with Crippen LogP contribution >= 0.6 is 0 Å². The maximum absolute atomic E-state index is 12.5. The minimum atomic E-state index is -0.450. The van der Waals surface area contributed by atoms with Crippen molar-refractivity contribution in [2.24, 2.45) is 0 Å². The van der Waals surface area contributed by atoms with Crippen LogP contribution in [0.5, 0.6) is 0 Å². The molecule has 0 spiro atoms. The van der Waals surface area contributed by atoms with Crippen molar-refractivity contribution >= 4 is 22.7 Å². The molecule has 0 bridgehead atoms. The van der Waals surface area contributed by atoms with Gasteiger partial charge in [0.25, 0.3) is 0 Å². The number of anilines is 2. The number of pyridine rings is 2. The molecule has 0 aliphatic rings. The Kier molecular flexibility index (Phi) is 4.92. The van der Waals surface area contributed by atoms with Crippen LogP contribution in [0.15, 0.2) is 49.1 Å². The molecule has 0 unspecified atom stereocenters. The normalized spacial score (nSPS) is 11.3. The molecule has 4 aromatic heterocycles. The largest absolute Gasteiger partial charge is 0.323 e. The van der Waals surface area contributed by atoms with E-state index < -0.39 is 6.67 Å². The van der Waals surface area contributed by atoms with E-state index in [2.05, 4.69) is 44.4 Å². The number of aromatic nitrogens is 6. The van der Waals surface area contributed by atoms with Crippen LogP contribution in [-0.2, 0) is 6.54 Å². The molecule has 4 rings (SSSR count). The van der Waals surface area contributed by atoms with E-state index in [4.69, 9.17) is 0 Å². The smallest absolute Gasteiger partial charge is 0.154 e. The van der Waals surface area contributed by atoms with Gasteiger partial charge in [0.1, 0.15) is 12.5 Å². The first kappa shape index (κ1) is 18.0. The molecule has 28 heavy (non-hydrogen) atoms. The van der Waals surface area contributed by atoms with Gasteiger partial charge in [-0.25, -0.2) is 9.37 Å². The fourth-order valence-corrected chi connectivity index (χ4v) is 2.85. The van der Waals surface area contributed by atoms with E-state index in [0.29, 0.717) is 17.6 Å². The quantitative estimate of drug-likeness (QED) is 0.544. The number of aryl methyl sites for hydroxylation is 1. The van der Waals surface area contributed by atoms with E-state index in [-0.39, 0.29) is 6.54 Å². The summed E-state index contributed by atoms with van der Waals surface area (Å²) in [6, 6.07) is 7.68. The van der Waals surface area contributed by atoms with Gasteiger partial charge in [0.15, 0.2) is 5.82 Å². The van der Waals surface area contributed by atoms with Gasteiger partial charge in [0, 0.05) is 23.5 Å². The minimum absolute atomic E-state index is 0.240. The third-order valence-corrected chi connectivity index (χ3v) is 4.42. The van der Waals surface area contributed by atoms with Gasteiger partial charge in [0.05, 0.1) is 30.0 Å². The van der Waals surface area contributed by atoms with Crippen LogP contribution in [0.2, 0.25) is 0 Å². The van der Waals surface area contributed by atoms with Gasteiger partial charge in [-0.3, -0.25) is 9.67 Å². The summed E-state index contributed by atoms with van der Waals surface area (Å²) in [5.41, 5.74) is 4.39. The van der Waals surface area contributed by atoms with Gasteiger partial charge in [-0.05, 0) is 35.7 Å². The zero-order valence-corrected chi connectivity index (χ0v) is 15.7. The predicted molar refractivity (Wildman–Crippen MR) is 106 cm³/mol. The summed E-state index contributed by atoms with van der Waals surface area (Å²) in [6.45, 7) is 4.01. The summed E-state index contributed by atoms with van der Waals surface area (Å²) in [4.78, 5) is 9.11. The molecule has 142 valence electrons. The van der Waals surface area contributed by atoms with Gasteiger partial charge in [-0.2, -0.15) is 10.2 Å². The van der Waals surface area contributed by atoms with Crippen LogP contribution < -0.4 is 5.32 Å². The highest BCUT2D eigenvalue weighted by molar-refractivity contribution is 5.81. The maximum atomic E-state index is 12.5. The first-order chi connectivity index (χ1) is 13.6. The Labute approximate surface area is 161 Å². The Hall–Kier alpha value is -3.42. The number of rotatable bonds is 6. The van der Waals surface area contributed by atoms with E-state index in [1.165, 1.54) is 0 Å². The lowest BCUT2D eigenvalue weighted by atomic mass is 10.1. The second kappa shape index (κ2) is 7.67. The van der Waals surface area contributed by atoms with Gasteiger partial charge >= 0.3 is 0 Å². The lowest BCUT2D eigenvalue weighted by Gasteiger charge is -2.09. The zero-order chi connectivity index (χ0) is 19.5. The molecule has 8 heteroatoms. The van der Waals surface area contributed by atoms with Crippen molar-refractivity contribution in [2.75, 3.05) is 12.0 Å². The lowest BCUT2D eigenvalue weighted by Crippen LogP contribution is -2.00. The van der Waals surface area contributed by atoms with E-state index >= 15 is 0 Å². The molecule has 4 heterocycles. The van der Waals surface area contributed by atoms with E-state index in [1.54, 1.807) is 29.5 Å². The molecule has 0 saturated carbocycles. The number of alkyl halides is 1. The Bertz CT molecular complexity index is 1110. The van der Waals surface area contributed by atoms with Crippen molar-refractivity contribution in [3.8, 4) is 11.1 Å². The number of hydrogen-bond acceptors (Lipinski definition) is 6. The lowest BCUT2D eigenvalue weighted by molar-refractivity contribution is 0.427. The molecule has 0 aromatic carbocycles. The van der Waals surface area contributed by atoms with Crippen molar-refractivity contribution in [2.45, 2.75) is 26.3 Å². The SMILES string of the molecule is CC(C)c1cnnc(Nc2ccc3ncc(-c4cnn(CCF)c4)cc3n2)c1. The molecule has 0 fully saturated rings. The minimum Gasteiger partial charge on any atom is -0.323 e. The molecule has 0 aliphatic carbocycles. The predicted octanol–water partition coefficient (Wildman–Crippen LogP) is 4.12. The van der Waals surface area contributed by atoms with Gasteiger partial charge < -0.3 is 5.32 Å². The molecule has 0 saturated heterocycles. The average Bonchev–Trinajstić information content (AvgIpc) is 3.16. The topological polar surface area (TPSA) is 81.4 Å². The summed E-state index contributed by atoms with van der Waals surface area (Å²) in [6.07, 6.45) is 7.04. The van der Waals surface area contributed by atoms with Crippen LogP contribution in [0.1, 0.15) is 25.3 Å². The van der Waals surface area contributed by atoms with Crippen molar-refractivity contribution in [1.29, 1.82) is 0 Å². The first-order valence-corrected chi connectivity index (χ1v) is 9.07. The third kappa shape index (κ3) is 3.80. The fourth-order valence-electron chi connectivity index (χ4n) is 2.85. The molecular weight excluding hydrogens is 357 g/mol. The first-order valence-electron chi connectivity index (χ1n) is 9.07. The van der Waals surface area contributed by atoms with E-state index in [0.717, 1.165) is 27.7 Å². The fraction of sp³-hybridized carbons (Fsp3) is 0.250. The Balaban J connectivity index is 1.63.